The van der Waals surface area contributed by atoms with Crippen LogP contribution >= 0.6 is 0 Å². The topological polar surface area (TPSA) is 136 Å². The molecule has 0 spiro atoms. The number of benzene rings is 2. The third-order valence-electron chi connectivity index (χ3n) is 5.13. The maximum atomic E-state index is 12.9. The van der Waals surface area contributed by atoms with Crippen molar-refractivity contribution in [3.63, 3.8) is 0 Å². The number of nitrogens with one attached hydrogen (secondary N) is 1. The first-order valence-corrected chi connectivity index (χ1v) is 11.3. The van der Waals surface area contributed by atoms with E-state index in [2.05, 4.69) is 10.2 Å². The van der Waals surface area contributed by atoms with Crippen LogP contribution in [0.1, 0.15) is 28.0 Å². The molecule has 0 saturated carbocycles. The van der Waals surface area contributed by atoms with Crippen molar-refractivity contribution in [2.24, 2.45) is 0 Å². The Kier molecular flexibility index (Phi) is 6.80. The van der Waals surface area contributed by atoms with Gasteiger partial charge in [-0.1, -0.05) is 18.2 Å². The summed E-state index contributed by atoms with van der Waals surface area (Å²) in [6.07, 6.45) is 1.13. The van der Waals surface area contributed by atoms with Crippen LogP contribution < -0.4 is 10.0 Å². The van der Waals surface area contributed by atoms with Gasteiger partial charge < -0.3 is 10.6 Å². The van der Waals surface area contributed by atoms with Crippen molar-refractivity contribution < 1.29 is 13.2 Å². The van der Waals surface area contributed by atoms with Crippen molar-refractivity contribution in [3.8, 4) is 6.07 Å². The lowest BCUT2D eigenvalue weighted by atomic mass is 10.1. The number of nitrogens with zero attached hydrogens (tertiary/aromatic N) is 4. The number of aryl methyl sites for hydroxylation is 1. The van der Waals surface area contributed by atoms with Gasteiger partial charge in [0.1, 0.15) is 11.6 Å². The largest absolute Gasteiger partial charge is 0.381 e. The molecule has 0 unspecified atom stereocenters. The molecule has 0 atom stereocenters. The third-order valence-corrected chi connectivity index (χ3v) is 6.93. The molecular formula is C22H24N6O3S. The zero-order chi connectivity index (χ0) is 23.3. The summed E-state index contributed by atoms with van der Waals surface area (Å²) in [7, 11) is -0.584. The van der Waals surface area contributed by atoms with E-state index in [9.17, 15) is 13.2 Å². The van der Waals surface area contributed by atoms with E-state index in [1.165, 1.54) is 35.6 Å². The van der Waals surface area contributed by atoms with Crippen LogP contribution in [-0.4, -0.2) is 50.1 Å². The molecule has 9 nitrogen and oxygen atoms in total. The minimum Gasteiger partial charge on any atom is -0.381 e. The summed E-state index contributed by atoms with van der Waals surface area (Å²) in [5.41, 5.74) is 7.53. The highest BCUT2D eigenvalue weighted by molar-refractivity contribution is 7.92. The molecule has 0 saturated heterocycles. The number of anilines is 2. The van der Waals surface area contributed by atoms with Crippen LogP contribution in [0.3, 0.4) is 0 Å². The van der Waals surface area contributed by atoms with Gasteiger partial charge in [0, 0.05) is 26.2 Å². The highest BCUT2D eigenvalue weighted by Gasteiger charge is 2.22. The summed E-state index contributed by atoms with van der Waals surface area (Å²) in [5.74, 6) is -0.0603. The average molecular weight is 453 g/mol. The van der Waals surface area contributed by atoms with Crippen molar-refractivity contribution in [1.29, 1.82) is 5.26 Å². The van der Waals surface area contributed by atoms with Crippen LogP contribution in [0.25, 0.3) is 0 Å². The predicted molar refractivity (Wildman–Crippen MR) is 121 cm³/mol. The van der Waals surface area contributed by atoms with Crippen LogP contribution in [0.5, 0.6) is 0 Å². The molecule has 3 aromatic rings. The van der Waals surface area contributed by atoms with Gasteiger partial charge in [-0.2, -0.15) is 10.4 Å². The minimum absolute atomic E-state index is 0.101. The fraction of sp³-hybridized carbons (Fsp3) is 0.227. The molecule has 0 aliphatic carbocycles. The van der Waals surface area contributed by atoms with Gasteiger partial charge in [-0.15, -0.1) is 0 Å². The summed E-state index contributed by atoms with van der Waals surface area (Å²) in [5, 5.41) is 15.7. The standard InChI is InChI=1S/C22H24N6O3S/c1-27(14-6-9-20-19(15-23)21(24)26-25-20)22(29)16-10-12-18(13-11-16)32(30,31)28(2)17-7-4-3-5-8-17/h3-5,7-8,10-13H,6,9,14H2,1-2H3,(H3,24,25,26). The Labute approximate surface area is 187 Å². The van der Waals surface area contributed by atoms with Gasteiger partial charge >= 0.3 is 0 Å². The molecule has 1 aromatic heterocycles. The number of para-hydroxylation sites is 1. The van der Waals surface area contributed by atoms with Crippen LogP contribution in [0, 0.1) is 11.3 Å². The second-order valence-electron chi connectivity index (χ2n) is 7.24. The van der Waals surface area contributed by atoms with Gasteiger partial charge in [-0.3, -0.25) is 14.2 Å². The summed E-state index contributed by atoms with van der Waals surface area (Å²) in [6, 6.07) is 16.7. The first kappa shape index (κ1) is 22.8. The molecule has 0 aliphatic rings. The number of nitrogen functional groups attached to an aromatic ring is 1. The summed E-state index contributed by atoms with van der Waals surface area (Å²) in [6.45, 7) is 0.444. The number of nitrogens with two attached hydrogens (primary N) is 1. The lowest BCUT2D eigenvalue weighted by Gasteiger charge is -2.20. The summed E-state index contributed by atoms with van der Waals surface area (Å²) < 4.78 is 26.9. The Morgan fingerprint density at radius 1 is 1.12 bits per heavy atom. The Morgan fingerprint density at radius 2 is 1.78 bits per heavy atom. The first-order chi connectivity index (χ1) is 15.3. The molecular weight excluding hydrogens is 428 g/mol. The Bertz CT molecular complexity index is 1230. The van der Waals surface area contributed by atoms with E-state index in [1.807, 2.05) is 12.1 Å². The van der Waals surface area contributed by atoms with Crippen LogP contribution in [-0.2, 0) is 16.4 Å². The van der Waals surface area contributed by atoms with Crippen molar-refractivity contribution in [1.82, 2.24) is 15.1 Å². The molecule has 0 radical (unpaired) electrons. The number of amides is 1. The number of carbonyl (C=O) groups is 1. The van der Waals surface area contributed by atoms with Gasteiger partial charge in [0.25, 0.3) is 15.9 Å². The minimum atomic E-state index is -3.74. The molecule has 10 heteroatoms. The zero-order valence-electron chi connectivity index (χ0n) is 17.8. The summed E-state index contributed by atoms with van der Waals surface area (Å²) in [4.78, 5) is 14.4. The number of H-pyrrole nitrogens is 1. The van der Waals surface area contributed by atoms with Gasteiger partial charge in [-0.25, -0.2) is 8.42 Å². The molecule has 0 fully saturated rings. The number of hydrogen-bond donors (Lipinski definition) is 2. The normalized spacial score (nSPS) is 11.0. The molecule has 0 aliphatic heterocycles. The van der Waals surface area contributed by atoms with Crippen LogP contribution in [0.2, 0.25) is 0 Å². The van der Waals surface area contributed by atoms with Crippen molar-refractivity contribution >= 4 is 27.4 Å². The number of sulfonamides is 1. The van der Waals surface area contributed by atoms with E-state index in [1.54, 1.807) is 36.2 Å². The Hall–Kier alpha value is -3.84. The smallest absolute Gasteiger partial charge is 0.264 e. The second kappa shape index (κ2) is 9.53. The van der Waals surface area contributed by atoms with Gasteiger partial charge in [0.15, 0.2) is 5.82 Å². The Morgan fingerprint density at radius 3 is 2.41 bits per heavy atom. The quantitative estimate of drug-likeness (QED) is 0.538. The molecule has 32 heavy (non-hydrogen) atoms. The zero-order valence-corrected chi connectivity index (χ0v) is 18.6. The number of hydrogen-bond acceptors (Lipinski definition) is 6. The fourth-order valence-electron chi connectivity index (χ4n) is 3.22. The molecule has 3 rings (SSSR count). The van der Waals surface area contributed by atoms with Crippen LogP contribution in [0.15, 0.2) is 59.5 Å². The van der Waals surface area contributed by atoms with E-state index in [-0.39, 0.29) is 16.6 Å². The number of nitriles is 1. The van der Waals surface area contributed by atoms with Gasteiger partial charge in [0.2, 0.25) is 0 Å². The fourth-order valence-corrected chi connectivity index (χ4v) is 4.41. The lowest BCUT2D eigenvalue weighted by Crippen LogP contribution is -2.28. The third kappa shape index (κ3) is 4.73. The second-order valence-corrected chi connectivity index (χ2v) is 9.21. The van der Waals surface area contributed by atoms with Gasteiger partial charge in [0.05, 0.1) is 16.3 Å². The Balaban J connectivity index is 1.63. The predicted octanol–water partition coefficient (Wildman–Crippen LogP) is 2.39. The SMILES string of the molecule is CN(CCCc1[nH]nc(N)c1C#N)C(=O)c1ccc(S(=O)(=O)N(C)c2ccccc2)cc1. The van der Waals surface area contributed by atoms with Crippen molar-refractivity contribution in [2.45, 2.75) is 17.7 Å². The van der Waals surface area contributed by atoms with Gasteiger partial charge in [-0.05, 0) is 49.2 Å². The molecule has 3 N–H and O–H groups in total. The molecule has 1 amide bonds. The molecule has 2 aromatic carbocycles. The van der Waals surface area contributed by atoms with E-state index < -0.39 is 10.0 Å². The maximum absolute atomic E-state index is 12.9. The molecule has 0 bridgehead atoms. The number of aromatic amines is 1. The average Bonchev–Trinajstić information content (AvgIpc) is 3.17. The van der Waals surface area contributed by atoms with Crippen LogP contribution in [0.4, 0.5) is 11.5 Å². The highest BCUT2D eigenvalue weighted by atomic mass is 32.2. The number of rotatable bonds is 8. The van der Waals surface area contributed by atoms with E-state index in [4.69, 9.17) is 11.0 Å². The van der Waals surface area contributed by atoms with E-state index >= 15 is 0 Å². The summed E-state index contributed by atoms with van der Waals surface area (Å²) >= 11 is 0. The lowest BCUT2D eigenvalue weighted by molar-refractivity contribution is 0.0793. The monoisotopic (exact) mass is 452 g/mol. The highest BCUT2D eigenvalue weighted by Crippen LogP contribution is 2.22. The van der Waals surface area contributed by atoms with Crippen molar-refractivity contribution in [2.75, 3.05) is 30.7 Å². The number of aromatic nitrogens is 2. The molecule has 1 heterocycles. The maximum Gasteiger partial charge on any atom is 0.264 e. The molecule has 166 valence electrons. The van der Waals surface area contributed by atoms with E-state index in [0.29, 0.717) is 41.9 Å². The first-order valence-electron chi connectivity index (χ1n) is 9.88. The van der Waals surface area contributed by atoms with Crippen molar-refractivity contribution in [3.05, 3.63) is 71.4 Å². The van der Waals surface area contributed by atoms with E-state index in [0.717, 1.165) is 0 Å². The number of carbonyl (C=O) groups excluding carboxylic acids is 1.